The number of hydrogen-bond donors (Lipinski definition) is 0. The number of benzene rings is 1. The summed E-state index contributed by atoms with van der Waals surface area (Å²) in [6.45, 7) is 9.01. The first kappa shape index (κ1) is 23.7. The van der Waals surface area contributed by atoms with Gasteiger partial charge in [0.15, 0.2) is 0 Å². The maximum Gasteiger partial charge on any atom is 0.229 e. The van der Waals surface area contributed by atoms with Gasteiger partial charge in [0.2, 0.25) is 11.9 Å². The number of aromatic nitrogens is 3. The van der Waals surface area contributed by atoms with Crippen molar-refractivity contribution in [3.05, 3.63) is 52.4 Å². The second-order valence-electron chi connectivity index (χ2n) is 9.79. The summed E-state index contributed by atoms with van der Waals surface area (Å²) in [7, 11) is 1.68. The summed E-state index contributed by atoms with van der Waals surface area (Å²) < 4.78 is 5.43. The van der Waals surface area contributed by atoms with Crippen LogP contribution in [-0.4, -0.2) is 52.5 Å². The highest BCUT2D eigenvalue weighted by molar-refractivity contribution is 7.15. The Labute approximate surface area is 211 Å². The predicted molar refractivity (Wildman–Crippen MR) is 139 cm³/mol. The van der Waals surface area contributed by atoms with Crippen LogP contribution < -0.4 is 9.64 Å². The third kappa shape index (κ3) is 4.76. The predicted octanol–water partition coefficient (Wildman–Crippen LogP) is 4.94. The van der Waals surface area contributed by atoms with E-state index < -0.39 is 0 Å². The molecule has 0 saturated carbocycles. The smallest absolute Gasteiger partial charge is 0.229 e. The molecule has 0 aliphatic carbocycles. The molecule has 0 N–H and O–H groups in total. The van der Waals surface area contributed by atoms with Crippen LogP contribution in [-0.2, 0) is 11.3 Å². The van der Waals surface area contributed by atoms with Gasteiger partial charge >= 0.3 is 0 Å². The summed E-state index contributed by atoms with van der Waals surface area (Å²) in [5.41, 5.74) is 3.75. The molecule has 0 radical (unpaired) electrons. The normalized spacial score (nSPS) is 17.8. The Balaban J connectivity index is 1.32. The monoisotopic (exact) mass is 491 g/mol. The van der Waals surface area contributed by atoms with Gasteiger partial charge in [-0.05, 0) is 70.2 Å². The first-order valence-electron chi connectivity index (χ1n) is 12.3. The molecule has 0 unspecified atom stereocenters. The number of nitrogens with zero attached hydrogens (tertiary/aromatic N) is 5. The van der Waals surface area contributed by atoms with E-state index in [-0.39, 0.29) is 11.3 Å². The molecule has 3 aromatic rings. The number of carbonyl (C=O) groups excluding carboxylic acids is 1. The second-order valence-corrected chi connectivity index (χ2v) is 11.0. The fourth-order valence-electron chi connectivity index (χ4n) is 5.50. The Hall–Kier alpha value is -3.00. The molecule has 8 heteroatoms. The van der Waals surface area contributed by atoms with Crippen molar-refractivity contribution < 1.29 is 9.53 Å². The lowest BCUT2D eigenvalue weighted by Crippen LogP contribution is -2.53. The lowest BCUT2D eigenvalue weighted by atomic mass is 9.71. The summed E-state index contributed by atoms with van der Waals surface area (Å²) in [6, 6.07) is 10.1. The number of ether oxygens (including phenoxy) is 1. The Kier molecular flexibility index (Phi) is 6.49. The average Bonchev–Trinajstić information content (AvgIpc) is 3.22. The molecule has 0 bridgehead atoms. The highest BCUT2D eigenvalue weighted by atomic mass is 32.1. The van der Waals surface area contributed by atoms with Gasteiger partial charge in [0.05, 0.1) is 34.6 Å². The minimum absolute atomic E-state index is 0.283. The lowest BCUT2D eigenvalue weighted by Gasteiger charge is -2.46. The fraction of sp³-hybridized carbons (Fsp3) is 0.481. The van der Waals surface area contributed by atoms with Crippen LogP contribution in [0.4, 0.5) is 5.95 Å². The van der Waals surface area contributed by atoms with E-state index in [0.29, 0.717) is 6.54 Å². The standard InChI is InChI=1S/C27H33N5O2S/c1-18-15-19(2)29-26(28-18)31-13-10-27(11-14-31)9-6-12-32(25(27)33)17-23-24(35-20(3)30-23)21-7-5-8-22(16-21)34-4/h5,7-8,15-16H,6,9-14,17H2,1-4H3. The van der Waals surface area contributed by atoms with Gasteiger partial charge in [-0.3, -0.25) is 4.79 Å². The summed E-state index contributed by atoms with van der Waals surface area (Å²) in [4.78, 5) is 33.4. The number of anilines is 1. The molecule has 2 saturated heterocycles. The molecule has 7 nitrogen and oxygen atoms in total. The van der Waals surface area contributed by atoms with Gasteiger partial charge in [0, 0.05) is 31.0 Å². The molecule has 2 aliphatic rings. The van der Waals surface area contributed by atoms with Crippen LogP contribution in [0, 0.1) is 26.2 Å². The van der Waals surface area contributed by atoms with Crippen LogP contribution in [0.1, 0.15) is 47.8 Å². The molecule has 1 amide bonds. The molecule has 0 atom stereocenters. The summed E-state index contributed by atoms with van der Waals surface area (Å²) in [6.07, 6.45) is 3.68. The van der Waals surface area contributed by atoms with Crippen LogP contribution in [0.15, 0.2) is 30.3 Å². The minimum atomic E-state index is -0.283. The quantitative estimate of drug-likeness (QED) is 0.503. The molecule has 5 rings (SSSR count). The van der Waals surface area contributed by atoms with Gasteiger partial charge in [-0.2, -0.15) is 0 Å². The molecular formula is C27H33N5O2S. The van der Waals surface area contributed by atoms with Crippen molar-refractivity contribution >= 4 is 23.2 Å². The van der Waals surface area contributed by atoms with E-state index in [1.807, 2.05) is 49.9 Å². The van der Waals surface area contributed by atoms with E-state index in [0.717, 1.165) is 89.5 Å². The second kappa shape index (κ2) is 9.57. The molecule has 1 spiro atoms. The number of piperidine rings is 2. The third-order valence-electron chi connectivity index (χ3n) is 7.27. The number of methoxy groups -OCH3 is 1. The average molecular weight is 492 g/mol. The van der Waals surface area contributed by atoms with Gasteiger partial charge in [-0.25, -0.2) is 15.0 Å². The Morgan fingerprint density at radius 3 is 2.46 bits per heavy atom. The van der Waals surface area contributed by atoms with Crippen molar-refractivity contribution in [2.75, 3.05) is 31.6 Å². The van der Waals surface area contributed by atoms with E-state index in [9.17, 15) is 4.79 Å². The Bertz CT molecular complexity index is 1210. The molecular weight excluding hydrogens is 458 g/mol. The topological polar surface area (TPSA) is 71.5 Å². The van der Waals surface area contributed by atoms with Crippen molar-refractivity contribution in [3.8, 4) is 16.2 Å². The van der Waals surface area contributed by atoms with Crippen LogP contribution >= 0.6 is 11.3 Å². The number of carbonyl (C=O) groups is 1. The van der Waals surface area contributed by atoms with Crippen LogP contribution in [0.5, 0.6) is 5.75 Å². The largest absolute Gasteiger partial charge is 0.497 e. The molecule has 35 heavy (non-hydrogen) atoms. The first-order chi connectivity index (χ1) is 16.9. The number of likely N-dealkylation sites (tertiary alicyclic amines) is 1. The Morgan fingerprint density at radius 2 is 1.74 bits per heavy atom. The van der Waals surface area contributed by atoms with Crippen molar-refractivity contribution in [1.82, 2.24) is 19.9 Å². The number of thiazole rings is 1. The maximum absolute atomic E-state index is 13.8. The number of aryl methyl sites for hydroxylation is 3. The first-order valence-corrected chi connectivity index (χ1v) is 13.2. The van der Waals surface area contributed by atoms with Crippen LogP contribution in [0.2, 0.25) is 0 Å². The van der Waals surface area contributed by atoms with Gasteiger partial charge in [-0.15, -0.1) is 11.3 Å². The number of hydrogen-bond acceptors (Lipinski definition) is 7. The summed E-state index contributed by atoms with van der Waals surface area (Å²) >= 11 is 1.68. The highest BCUT2D eigenvalue weighted by Crippen LogP contribution is 2.42. The molecule has 2 aliphatic heterocycles. The molecule has 4 heterocycles. The lowest BCUT2D eigenvalue weighted by molar-refractivity contribution is -0.148. The van der Waals surface area contributed by atoms with Gasteiger partial charge in [0.1, 0.15) is 5.75 Å². The maximum atomic E-state index is 13.8. The van der Waals surface area contributed by atoms with E-state index in [4.69, 9.17) is 9.72 Å². The molecule has 184 valence electrons. The van der Waals surface area contributed by atoms with E-state index in [1.165, 1.54) is 0 Å². The summed E-state index contributed by atoms with van der Waals surface area (Å²) in [5.74, 6) is 1.90. The fourth-order valence-corrected chi connectivity index (χ4v) is 6.42. The van der Waals surface area contributed by atoms with Gasteiger partial charge < -0.3 is 14.5 Å². The molecule has 2 fully saturated rings. The van der Waals surface area contributed by atoms with Crippen LogP contribution in [0.25, 0.3) is 10.4 Å². The number of amides is 1. The van der Waals surface area contributed by atoms with Crippen molar-refractivity contribution in [3.63, 3.8) is 0 Å². The third-order valence-corrected chi connectivity index (χ3v) is 8.34. The molecule has 2 aromatic heterocycles. The number of rotatable bonds is 5. The molecule has 1 aromatic carbocycles. The Morgan fingerprint density at radius 1 is 1.00 bits per heavy atom. The van der Waals surface area contributed by atoms with Gasteiger partial charge in [-0.1, -0.05) is 12.1 Å². The van der Waals surface area contributed by atoms with Gasteiger partial charge in [0.25, 0.3) is 0 Å². The summed E-state index contributed by atoms with van der Waals surface area (Å²) in [5, 5.41) is 1.01. The van der Waals surface area contributed by atoms with Crippen molar-refractivity contribution in [2.45, 2.75) is 53.0 Å². The van der Waals surface area contributed by atoms with Crippen LogP contribution in [0.3, 0.4) is 0 Å². The van der Waals surface area contributed by atoms with E-state index in [1.54, 1.807) is 18.4 Å². The van der Waals surface area contributed by atoms with Crippen molar-refractivity contribution in [1.29, 1.82) is 0 Å². The van der Waals surface area contributed by atoms with Crippen molar-refractivity contribution in [2.24, 2.45) is 5.41 Å². The SMILES string of the molecule is COc1cccc(-c2sc(C)nc2CN2CCCC3(CCN(c4nc(C)cc(C)n4)CC3)C2=O)c1. The minimum Gasteiger partial charge on any atom is -0.497 e. The zero-order valence-electron chi connectivity index (χ0n) is 21.0. The van der Waals surface area contributed by atoms with E-state index in [2.05, 4.69) is 20.9 Å². The zero-order valence-corrected chi connectivity index (χ0v) is 21.8. The van der Waals surface area contributed by atoms with E-state index >= 15 is 0 Å². The zero-order chi connectivity index (χ0) is 24.6. The highest BCUT2D eigenvalue weighted by Gasteiger charge is 2.46.